The first-order chi connectivity index (χ1) is 6.02. The van der Waals surface area contributed by atoms with Crippen molar-refractivity contribution in [3.8, 4) is 0 Å². The lowest BCUT2D eigenvalue weighted by atomic mass is 9.96. The Morgan fingerprint density at radius 3 is 2.31 bits per heavy atom. The summed E-state index contributed by atoms with van der Waals surface area (Å²) in [5, 5.41) is 0. The molecule has 1 rings (SSSR count). The second-order valence-corrected chi connectivity index (χ2v) is 3.18. The summed E-state index contributed by atoms with van der Waals surface area (Å²) in [7, 11) is 0. The molecule has 0 aliphatic heterocycles. The molecule has 0 aromatic heterocycles. The van der Waals surface area contributed by atoms with E-state index in [1.165, 1.54) is 6.92 Å². The molecule has 0 fully saturated rings. The summed E-state index contributed by atoms with van der Waals surface area (Å²) in [6.45, 7) is 5.00. The summed E-state index contributed by atoms with van der Waals surface area (Å²) in [4.78, 5) is 22.4. The van der Waals surface area contributed by atoms with E-state index in [0.29, 0.717) is 11.1 Å². The summed E-state index contributed by atoms with van der Waals surface area (Å²) < 4.78 is 0. The number of rotatable bonds is 1. The monoisotopic (exact) mass is 176 g/mol. The molecule has 0 aromatic carbocycles. The minimum atomic E-state index is -0.0762. The average Bonchev–Trinajstić information content (AvgIpc) is 2.03. The maximum Gasteiger partial charge on any atom is 0.186 e. The topological polar surface area (TPSA) is 34.1 Å². The van der Waals surface area contributed by atoms with Crippen molar-refractivity contribution in [2.45, 2.75) is 20.8 Å². The van der Waals surface area contributed by atoms with Crippen LogP contribution in [-0.2, 0) is 9.59 Å². The zero-order chi connectivity index (χ0) is 10.0. The summed E-state index contributed by atoms with van der Waals surface area (Å²) in [6, 6.07) is 0. The highest BCUT2D eigenvalue weighted by molar-refractivity contribution is 6.13. The van der Waals surface area contributed by atoms with Gasteiger partial charge in [0.2, 0.25) is 0 Å². The maximum absolute atomic E-state index is 11.4. The molecule has 1 aliphatic rings. The Bertz CT molecular complexity index is 354. The van der Waals surface area contributed by atoms with E-state index in [-0.39, 0.29) is 11.6 Å². The normalized spacial score (nSPS) is 19.9. The Kier molecular flexibility index (Phi) is 2.61. The van der Waals surface area contributed by atoms with Crippen LogP contribution in [0.25, 0.3) is 0 Å². The van der Waals surface area contributed by atoms with Gasteiger partial charge in [-0.3, -0.25) is 9.59 Å². The second-order valence-electron chi connectivity index (χ2n) is 3.18. The number of hydrogen-bond acceptors (Lipinski definition) is 2. The molecule has 0 saturated heterocycles. The van der Waals surface area contributed by atoms with Gasteiger partial charge in [0, 0.05) is 11.1 Å². The van der Waals surface area contributed by atoms with Crippen LogP contribution >= 0.6 is 0 Å². The van der Waals surface area contributed by atoms with Gasteiger partial charge in [-0.05, 0) is 32.4 Å². The van der Waals surface area contributed by atoms with Gasteiger partial charge in [0.05, 0.1) is 0 Å². The summed E-state index contributed by atoms with van der Waals surface area (Å²) in [5.41, 5.74) is 1.97. The van der Waals surface area contributed by atoms with E-state index in [1.807, 2.05) is 13.0 Å². The van der Waals surface area contributed by atoms with E-state index >= 15 is 0 Å². The molecule has 0 amide bonds. The summed E-state index contributed by atoms with van der Waals surface area (Å²) >= 11 is 0. The molecule has 0 spiro atoms. The van der Waals surface area contributed by atoms with E-state index in [2.05, 4.69) is 0 Å². The van der Waals surface area contributed by atoms with Crippen molar-refractivity contribution in [1.82, 2.24) is 0 Å². The fourth-order valence-electron chi connectivity index (χ4n) is 1.13. The van der Waals surface area contributed by atoms with E-state index in [0.717, 1.165) is 5.57 Å². The molecule has 0 N–H and O–H groups in total. The largest absolute Gasteiger partial charge is 0.295 e. The van der Waals surface area contributed by atoms with Crippen molar-refractivity contribution in [2.24, 2.45) is 0 Å². The lowest BCUT2D eigenvalue weighted by molar-refractivity contribution is -0.115. The SMILES string of the molecule is CC(=O)/C(C)=C1\C=CC(C)=CC1=O. The molecule has 68 valence electrons. The third-order valence-electron chi connectivity index (χ3n) is 2.07. The lowest BCUT2D eigenvalue weighted by Crippen LogP contribution is -2.07. The van der Waals surface area contributed by atoms with Crippen LogP contribution in [0.15, 0.2) is 34.9 Å². The van der Waals surface area contributed by atoms with Crippen LogP contribution in [-0.4, -0.2) is 11.6 Å². The molecule has 0 aromatic rings. The highest BCUT2D eigenvalue weighted by Crippen LogP contribution is 2.16. The van der Waals surface area contributed by atoms with E-state index in [4.69, 9.17) is 0 Å². The number of allylic oxidation sites excluding steroid dienone is 6. The fourth-order valence-corrected chi connectivity index (χ4v) is 1.13. The van der Waals surface area contributed by atoms with Gasteiger partial charge in [0.25, 0.3) is 0 Å². The van der Waals surface area contributed by atoms with Gasteiger partial charge < -0.3 is 0 Å². The highest BCUT2D eigenvalue weighted by atomic mass is 16.1. The number of ketones is 2. The molecule has 0 heterocycles. The van der Waals surface area contributed by atoms with Crippen molar-refractivity contribution < 1.29 is 9.59 Å². The first-order valence-electron chi connectivity index (χ1n) is 4.15. The molecule has 0 unspecified atom stereocenters. The minimum Gasteiger partial charge on any atom is -0.295 e. The summed E-state index contributed by atoms with van der Waals surface area (Å²) in [5.74, 6) is -0.131. The Hall–Kier alpha value is -1.44. The quantitative estimate of drug-likeness (QED) is 0.572. The van der Waals surface area contributed by atoms with Crippen molar-refractivity contribution >= 4 is 11.6 Å². The van der Waals surface area contributed by atoms with Gasteiger partial charge in [-0.15, -0.1) is 0 Å². The van der Waals surface area contributed by atoms with E-state index in [1.54, 1.807) is 19.1 Å². The van der Waals surface area contributed by atoms with Gasteiger partial charge in [-0.1, -0.05) is 12.2 Å². The third kappa shape index (κ3) is 2.02. The molecule has 0 radical (unpaired) electrons. The zero-order valence-corrected chi connectivity index (χ0v) is 8.05. The predicted molar refractivity (Wildman–Crippen MR) is 51.3 cm³/mol. The Morgan fingerprint density at radius 2 is 1.85 bits per heavy atom. The van der Waals surface area contributed by atoms with Crippen LogP contribution in [0.4, 0.5) is 0 Å². The first-order valence-corrected chi connectivity index (χ1v) is 4.15. The molecular weight excluding hydrogens is 164 g/mol. The second kappa shape index (κ2) is 3.52. The molecule has 2 heteroatoms. The molecule has 0 atom stereocenters. The van der Waals surface area contributed by atoms with Crippen molar-refractivity contribution in [2.75, 3.05) is 0 Å². The standard InChI is InChI=1S/C11H12O2/c1-7-4-5-10(11(13)6-7)8(2)9(3)12/h4-6H,1-3H3/b10-8+. The van der Waals surface area contributed by atoms with Crippen LogP contribution in [0.5, 0.6) is 0 Å². The molecule has 13 heavy (non-hydrogen) atoms. The van der Waals surface area contributed by atoms with Gasteiger partial charge in [0.1, 0.15) is 0 Å². The molecular formula is C11H12O2. The van der Waals surface area contributed by atoms with Crippen molar-refractivity contribution in [1.29, 1.82) is 0 Å². The minimum absolute atomic E-state index is 0.0547. The Morgan fingerprint density at radius 1 is 1.23 bits per heavy atom. The zero-order valence-electron chi connectivity index (χ0n) is 8.05. The lowest BCUT2D eigenvalue weighted by Gasteiger charge is -2.06. The van der Waals surface area contributed by atoms with Gasteiger partial charge in [-0.25, -0.2) is 0 Å². The van der Waals surface area contributed by atoms with E-state index in [9.17, 15) is 9.59 Å². The Balaban J connectivity index is 3.12. The van der Waals surface area contributed by atoms with Gasteiger partial charge in [0.15, 0.2) is 11.6 Å². The van der Waals surface area contributed by atoms with Crippen LogP contribution in [0.1, 0.15) is 20.8 Å². The van der Waals surface area contributed by atoms with Crippen molar-refractivity contribution in [3.05, 3.63) is 34.9 Å². The fraction of sp³-hybridized carbons (Fsp3) is 0.273. The van der Waals surface area contributed by atoms with E-state index < -0.39 is 0 Å². The number of carbonyl (C=O) groups is 2. The first kappa shape index (κ1) is 9.65. The van der Waals surface area contributed by atoms with Gasteiger partial charge >= 0.3 is 0 Å². The molecule has 0 saturated carbocycles. The number of carbonyl (C=O) groups excluding carboxylic acids is 2. The Labute approximate surface area is 77.6 Å². The number of hydrogen-bond donors (Lipinski definition) is 0. The van der Waals surface area contributed by atoms with Crippen LogP contribution in [0.3, 0.4) is 0 Å². The predicted octanol–water partition coefficient (Wildman–Crippen LogP) is 1.98. The number of Topliss-reactive ketones (excluding diaryl/α,β-unsaturated/α-hetero) is 1. The molecule has 1 aliphatic carbocycles. The molecule has 0 bridgehead atoms. The van der Waals surface area contributed by atoms with Crippen LogP contribution < -0.4 is 0 Å². The van der Waals surface area contributed by atoms with Crippen LogP contribution in [0, 0.1) is 0 Å². The van der Waals surface area contributed by atoms with Crippen molar-refractivity contribution in [3.63, 3.8) is 0 Å². The third-order valence-corrected chi connectivity index (χ3v) is 2.07. The molecule has 2 nitrogen and oxygen atoms in total. The highest BCUT2D eigenvalue weighted by Gasteiger charge is 2.13. The van der Waals surface area contributed by atoms with Gasteiger partial charge in [-0.2, -0.15) is 0 Å². The smallest absolute Gasteiger partial charge is 0.186 e. The van der Waals surface area contributed by atoms with Crippen LogP contribution in [0.2, 0.25) is 0 Å². The maximum atomic E-state index is 11.4. The summed E-state index contributed by atoms with van der Waals surface area (Å²) in [6.07, 6.45) is 5.08. The average molecular weight is 176 g/mol.